The second-order valence-corrected chi connectivity index (χ2v) is 4.19. The number of hydrogen-bond acceptors (Lipinski definition) is 1. The zero-order chi connectivity index (χ0) is 10.1. The Hall–Kier alpha value is -1.24. The van der Waals surface area contributed by atoms with Crippen molar-refractivity contribution in [2.75, 3.05) is 5.32 Å². The van der Waals surface area contributed by atoms with Gasteiger partial charge in [-0.05, 0) is 31.4 Å². The van der Waals surface area contributed by atoms with E-state index in [4.69, 9.17) is 0 Å². The SMILES string of the molecule is CC1=C[C@@H](C)[C@@H](C)Nc2ccccc21. The third kappa shape index (κ3) is 1.54. The van der Waals surface area contributed by atoms with Crippen LogP contribution >= 0.6 is 0 Å². The van der Waals surface area contributed by atoms with Gasteiger partial charge < -0.3 is 5.32 Å². The van der Waals surface area contributed by atoms with Crippen LogP contribution in [0.5, 0.6) is 0 Å². The molecule has 1 aliphatic heterocycles. The molecule has 14 heavy (non-hydrogen) atoms. The molecule has 0 radical (unpaired) electrons. The summed E-state index contributed by atoms with van der Waals surface area (Å²) in [5.74, 6) is 0.586. The zero-order valence-electron chi connectivity index (χ0n) is 9.04. The van der Waals surface area contributed by atoms with E-state index in [9.17, 15) is 0 Å². The van der Waals surface area contributed by atoms with Crippen molar-refractivity contribution in [3.05, 3.63) is 35.9 Å². The average molecular weight is 187 g/mol. The summed E-state index contributed by atoms with van der Waals surface area (Å²) >= 11 is 0. The van der Waals surface area contributed by atoms with Gasteiger partial charge in [-0.2, -0.15) is 0 Å². The Morgan fingerprint density at radius 3 is 2.64 bits per heavy atom. The Morgan fingerprint density at radius 1 is 1.14 bits per heavy atom. The summed E-state index contributed by atoms with van der Waals surface area (Å²) in [5, 5.41) is 3.55. The van der Waals surface area contributed by atoms with Gasteiger partial charge in [-0.1, -0.05) is 31.2 Å². The minimum atomic E-state index is 0.508. The van der Waals surface area contributed by atoms with Crippen LogP contribution in [-0.4, -0.2) is 6.04 Å². The van der Waals surface area contributed by atoms with Gasteiger partial charge in [0.05, 0.1) is 0 Å². The van der Waals surface area contributed by atoms with Crippen molar-refractivity contribution in [3.8, 4) is 0 Å². The Labute approximate surface area is 85.8 Å². The maximum atomic E-state index is 3.55. The number of fused-ring (bicyclic) bond motifs is 1. The molecule has 1 N–H and O–H groups in total. The third-order valence-electron chi connectivity index (χ3n) is 3.04. The third-order valence-corrected chi connectivity index (χ3v) is 3.04. The smallest absolute Gasteiger partial charge is 0.0418 e. The quantitative estimate of drug-likeness (QED) is 0.655. The Kier molecular flexibility index (Phi) is 2.32. The van der Waals surface area contributed by atoms with Crippen LogP contribution in [0, 0.1) is 5.92 Å². The van der Waals surface area contributed by atoms with Crippen molar-refractivity contribution in [1.82, 2.24) is 0 Å². The van der Waals surface area contributed by atoms with Gasteiger partial charge in [0.15, 0.2) is 0 Å². The monoisotopic (exact) mass is 187 g/mol. The van der Waals surface area contributed by atoms with Gasteiger partial charge in [-0.15, -0.1) is 0 Å². The summed E-state index contributed by atoms with van der Waals surface area (Å²) < 4.78 is 0. The number of benzene rings is 1. The predicted octanol–water partition coefficient (Wildman–Crippen LogP) is 3.54. The van der Waals surface area contributed by atoms with E-state index in [1.807, 2.05) is 0 Å². The Balaban J connectivity index is 2.50. The number of anilines is 1. The largest absolute Gasteiger partial charge is 0.382 e. The number of para-hydroxylation sites is 1. The molecule has 1 nitrogen and oxygen atoms in total. The highest BCUT2D eigenvalue weighted by molar-refractivity contribution is 5.76. The van der Waals surface area contributed by atoms with Crippen molar-refractivity contribution < 1.29 is 0 Å². The van der Waals surface area contributed by atoms with Crippen LogP contribution in [0.4, 0.5) is 5.69 Å². The second-order valence-electron chi connectivity index (χ2n) is 4.19. The number of allylic oxidation sites excluding steroid dienone is 1. The molecule has 0 saturated heterocycles. The van der Waals surface area contributed by atoms with E-state index >= 15 is 0 Å². The summed E-state index contributed by atoms with van der Waals surface area (Å²) in [4.78, 5) is 0. The molecular formula is C13H17N. The van der Waals surface area contributed by atoms with Crippen LogP contribution in [0.25, 0.3) is 5.57 Å². The molecule has 0 spiro atoms. The first kappa shape index (κ1) is 9.32. The molecule has 1 aromatic carbocycles. The van der Waals surface area contributed by atoms with Gasteiger partial charge in [-0.3, -0.25) is 0 Å². The van der Waals surface area contributed by atoms with Crippen LogP contribution < -0.4 is 5.32 Å². The van der Waals surface area contributed by atoms with Crippen molar-refractivity contribution in [2.24, 2.45) is 5.92 Å². The molecule has 0 fully saturated rings. The van der Waals surface area contributed by atoms with E-state index in [1.165, 1.54) is 16.8 Å². The maximum absolute atomic E-state index is 3.55. The summed E-state index contributed by atoms with van der Waals surface area (Å²) in [5.41, 5.74) is 3.98. The summed E-state index contributed by atoms with van der Waals surface area (Å²) in [7, 11) is 0. The first-order chi connectivity index (χ1) is 6.68. The van der Waals surface area contributed by atoms with Crippen molar-refractivity contribution in [2.45, 2.75) is 26.8 Å². The molecule has 1 aliphatic rings. The van der Waals surface area contributed by atoms with Gasteiger partial charge in [0.25, 0.3) is 0 Å². The molecule has 1 heteroatoms. The average Bonchev–Trinajstić information content (AvgIpc) is 2.27. The van der Waals surface area contributed by atoms with E-state index < -0.39 is 0 Å². The van der Waals surface area contributed by atoms with E-state index in [-0.39, 0.29) is 0 Å². The molecule has 0 aliphatic carbocycles. The lowest BCUT2D eigenvalue weighted by Gasteiger charge is -2.17. The first-order valence-electron chi connectivity index (χ1n) is 5.23. The molecule has 1 aromatic rings. The van der Waals surface area contributed by atoms with E-state index in [1.54, 1.807) is 0 Å². The Morgan fingerprint density at radius 2 is 1.86 bits per heavy atom. The molecule has 0 saturated carbocycles. The lowest BCUT2D eigenvalue weighted by Crippen LogP contribution is -2.21. The van der Waals surface area contributed by atoms with Crippen LogP contribution in [0.1, 0.15) is 26.3 Å². The fourth-order valence-corrected chi connectivity index (χ4v) is 1.96. The minimum absolute atomic E-state index is 0.508. The standard InChI is InChI=1S/C13H17N/c1-9-8-10(2)12-6-4-5-7-13(12)14-11(9)3/h4-9,11,14H,1-3H3/t9-,11-/m1/s1. The van der Waals surface area contributed by atoms with Crippen LogP contribution in [0.2, 0.25) is 0 Å². The molecule has 0 unspecified atom stereocenters. The molecule has 0 aromatic heterocycles. The van der Waals surface area contributed by atoms with Gasteiger partial charge in [-0.25, -0.2) is 0 Å². The number of rotatable bonds is 0. The van der Waals surface area contributed by atoms with Gasteiger partial charge >= 0.3 is 0 Å². The number of nitrogens with one attached hydrogen (secondary N) is 1. The van der Waals surface area contributed by atoms with Gasteiger partial charge in [0.2, 0.25) is 0 Å². The second kappa shape index (κ2) is 3.49. The van der Waals surface area contributed by atoms with Crippen molar-refractivity contribution in [3.63, 3.8) is 0 Å². The van der Waals surface area contributed by atoms with Crippen LogP contribution in [0.3, 0.4) is 0 Å². The lowest BCUT2D eigenvalue weighted by molar-refractivity contribution is 0.622. The summed E-state index contributed by atoms with van der Waals surface area (Å²) in [6.07, 6.45) is 2.35. The molecule has 2 rings (SSSR count). The molecular weight excluding hydrogens is 170 g/mol. The topological polar surface area (TPSA) is 12.0 Å². The summed E-state index contributed by atoms with van der Waals surface area (Å²) in [6.45, 7) is 6.68. The van der Waals surface area contributed by atoms with Crippen molar-refractivity contribution >= 4 is 11.3 Å². The molecule has 0 amide bonds. The minimum Gasteiger partial charge on any atom is -0.382 e. The molecule has 2 atom stereocenters. The predicted molar refractivity (Wildman–Crippen MR) is 62.3 cm³/mol. The van der Waals surface area contributed by atoms with E-state index in [2.05, 4.69) is 56.4 Å². The maximum Gasteiger partial charge on any atom is 0.0418 e. The van der Waals surface area contributed by atoms with Crippen LogP contribution in [-0.2, 0) is 0 Å². The molecule has 1 heterocycles. The summed E-state index contributed by atoms with van der Waals surface area (Å²) in [6, 6.07) is 9.02. The molecule has 0 bridgehead atoms. The highest BCUT2D eigenvalue weighted by Gasteiger charge is 2.16. The van der Waals surface area contributed by atoms with Gasteiger partial charge in [0.1, 0.15) is 0 Å². The molecule has 74 valence electrons. The van der Waals surface area contributed by atoms with Crippen molar-refractivity contribution in [1.29, 1.82) is 0 Å². The Bertz CT molecular complexity index is 365. The van der Waals surface area contributed by atoms with E-state index in [0.717, 1.165) is 0 Å². The number of hydrogen-bond donors (Lipinski definition) is 1. The highest BCUT2D eigenvalue weighted by atomic mass is 14.9. The fraction of sp³-hybridized carbons (Fsp3) is 0.385. The lowest BCUT2D eigenvalue weighted by atomic mass is 10.0. The zero-order valence-corrected chi connectivity index (χ0v) is 9.04. The normalized spacial score (nSPS) is 25.8. The fourth-order valence-electron chi connectivity index (χ4n) is 1.96. The van der Waals surface area contributed by atoms with E-state index in [0.29, 0.717) is 12.0 Å². The highest BCUT2D eigenvalue weighted by Crippen LogP contribution is 2.29. The first-order valence-corrected chi connectivity index (χ1v) is 5.23. The van der Waals surface area contributed by atoms with Gasteiger partial charge in [0, 0.05) is 17.3 Å². The van der Waals surface area contributed by atoms with Crippen LogP contribution in [0.15, 0.2) is 30.3 Å².